The summed E-state index contributed by atoms with van der Waals surface area (Å²) in [6, 6.07) is 13.3. The fourth-order valence-electron chi connectivity index (χ4n) is 3.60. The Morgan fingerprint density at radius 1 is 1.11 bits per heavy atom. The number of imide groups is 1. The van der Waals surface area contributed by atoms with Gasteiger partial charge in [0.25, 0.3) is 11.1 Å². The lowest BCUT2D eigenvalue weighted by Gasteiger charge is -2.28. The molecule has 2 aliphatic heterocycles. The first-order valence-electron chi connectivity index (χ1n) is 11.2. The molecule has 8 nitrogen and oxygen atoms in total. The van der Waals surface area contributed by atoms with Gasteiger partial charge in [-0.25, -0.2) is 0 Å². The van der Waals surface area contributed by atoms with Crippen LogP contribution in [0.25, 0.3) is 6.08 Å². The molecule has 2 aromatic carbocycles. The zero-order chi connectivity index (χ0) is 24.8. The molecular formula is C25H25BrN2O6S. The van der Waals surface area contributed by atoms with Crippen LogP contribution in [0.4, 0.5) is 4.79 Å². The zero-order valence-corrected chi connectivity index (χ0v) is 21.6. The number of thioether (sulfide) groups is 1. The maximum atomic E-state index is 12.9. The number of morpholine rings is 1. The van der Waals surface area contributed by atoms with Crippen LogP contribution >= 0.6 is 27.7 Å². The Morgan fingerprint density at radius 2 is 1.83 bits per heavy atom. The largest absolute Gasteiger partial charge is 0.490 e. The van der Waals surface area contributed by atoms with Gasteiger partial charge in [0.15, 0.2) is 11.5 Å². The Kier molecular flexibility index (Phi) is 8.48. The number of hydrogen-bond acceptors (Lipinski definition) is 7. The normalized spacial score (nSPS) is 17.3. The minimum absolute atomic E-state index is 0.242. The van der Waals surface area contributed by atoms with Gasteiger partial charge in [0, 0.05) is 17.6 Å². The summed E-state index contributed by atoms with van der Waals surface area (Å²) in [6.07, 6.45) is 1.62. The standard InChI is InChI=1S/C25H25BrN2O6S/c1-2-33-20-12-18(19(26)14-21(20)34-16-17-6-4-3-5-7-17)13-22-24(30)28(25(31)35-22)15-23(29)27-8-10-32-11-9-27/h3-7,12-14H,2,8-11,15-16H2,1H3/b22-13+. The first-order chi connectivity index (χ1) is 17.0. The van der Waals surface area contributed by atoms with Crippen molar-refractivity contribution in [2.75, 3.05) is 39.5 Å². The summed E-state index contributed by atoms with van der Waals surface area (Å²) < 4.78 is 17.7. The molecule has 184 valence electrons. The second kappa shape index (κ2) is 11.7. The van der Waals surface area contributed by atoms with Crippen molar-refractivity contribution in [2.24, 2.45) is 0 Å². The van der Waals surface area contributed by atoms with E-state index in [1.807, 2.05) is 37.3 Å². The predicted molar refractivity (Wildman–Crippen MR) is 136 cm³/mol. The second-order valence-corrected chi connectivity index (χ2v) is 9.64. The molecule has 2 saturated heterocycles. The number of carbonyl (C=O) groups excluding carboxylic acids is 3. The van der Waals surface area contributed by atoms with Crippen molar-refractivity contribution >= 4 is 50.8 Å². The molecule has 2 heterocycles. The molecule has 0 spiro atoms. The molecule has 0 unspecified atom stereocenters. The number of amides is 3. The molecule has 2 aromatic rings. The molecule has 4 rings (SSSR count). The maximum Gasteiger partial charge on any atom is 0.294 e. The van der Waals surface area contributed by atoms with Gasteiger partial charge in [0.2, 0.25) is 5.91 Å². The monoisotopic (exact) mass is 560 g/mol. The Labute approximate surface area is 216 Å². The third kappa shape index (κ3) is 6.25. The first-order valence-corrected chi connectivity index (χ1v) is 12.8. The topological polar surface area (TPSA) is 85.4 Å². The molecule has 0 aliphatic carbocycles. The van der Waals surface area contributed by atoms with E-state index in [0.29, 0.717) is 61.1 Å². The molecule has 2 aliphatic rings. The zero-order valence-electron chi connectivity index (χ0n) is 19.2. The number of nitrogens with zero attached hydrogens (tertiary/aromatic N) is 2. The molecule has 0 atom stereocenters. The summed E-state index contributed by atoms with van der Waals surface area (Å²) in [5.74, 6) is 0.330. The number of halogens is 1. The molecule has 35 heavy (non-hydrogen) atoms. The van der Waals surface area contributed by atoms with Crippen LogP contribution in [0.5, 0.6) is 11.5 Å². The Morgan fingerprint density at radius 3 is 2.54 bits per heavy atom. The summed E-state index contributed by atoms with van der Waals surface area (Å²) in [5.41, 5.74) is 1.68. The van der Waals surface area contributed by atoms with Crippen LogP contribution in [0.1, 0.15) is 18.1 Å². The average Bonchev–Trinajstić information content (AvgIpc) is 3.13. The van der Waals surface area contributed by atoms with Gasteiger partial charge in [-0.2, -0.15) is 0 Å². The minimum atomic E-state index is -0.490. The molecule has 0 aromatic heterocycles. The Bertz CT molecular complexity index is 1130. The lowest BCUT2D eigenvalue weighted by molar-refractivity contribution is -0.139. The Hall–Kier alpha value is -2.82. The molecule has 0 N–H and O–H groups in total. The van der Waals surface area contributed by atoms with Crippen molar-refractivity contribution in [1.82, 2.24) is 9.80 Å². The molecule has 10 heteroatoms. The highest BCUT2D eigenvalue weighted by Gasteiger charge is 2.37. The third-order valence-electron chi connectivity index (χ3n) is 5.42. The van der Waals surface area contributed by atoms with Gasteiger partial charge in [-0.3, -0.25) is 19.3 Å². The van der Waals surface area contributed by atoms with E-state index in [4.69, 9.17) is 14.2 Å². The molecule has 0 radical (unpaired) electrons. The average molecular weight is 561 g/mol. The van der Waals surface area contributed by atoms with Crippen molar-refractivity contribution in [3.8, 4) is 11.5 Å². The highest BCUT2D eigenvalue weighted by molar-refractivity contribution is 9.10. The van der Waals surface area contributed by atoms with Gasteiger partial charge in [-0.15, -0.1) is 0 Å². The molecule has 0 bridgehead atoms. The SMILES string of the molecule is CCOc1cc(/C=C2/SC(=O)N(CC(=O)N3CCOCC3)C2=O)c(Br)cc1OCc1ccccc1. The first kappa shape index (κ1) is 25.3. The Balaban J connectivity index is 1.50. The van der Waals surface area contributed by atoms with E-state index in [1.54, 1.807) is 23.1 Å². The van der Waals surface area contributed by atoms with Crippen molar-refractivity contribution < 1.29 is 28.6 Å². The molecule has 0 saturated carbocycles. The highest BCUT2D eigenvalue weighted by atomic mass is 79.9. The van der Waals surface area contributed by atoms with E-state index in [9.17, 15) is 14.4 Å². The highest BCUT2D eigenvalue weighted by Crippen LogP contribution is 2.38. The summed E-state index contributed by atoms with van der Waals surface area (Å²) in [5, 5.41) is -0.466. The predicted octanol–water partition coefficient (Wildman–Crippen LogP) is 4.32. The van der Waals surface area contributed by atoms with Gasteiger partial charge in [0.1, 0.15) is 13.2 Å². The van der Waals surface area contributed by atoms with Crippen LogP contribution in [0, 0.1) is 0 Å². The smallest absolute Gasteiger partial charge is 0.294 e. The fourth-order valence-corrected chi connectivity index (χ4v) is 4.87. The summed E-state index contributed by atoms with van der Waals surface area (Å²) in [4.78, 5) is 40.8. The van der Waals surface area contributed by atoms with Gasteiger partial charge in [-0.05, 0) is 48.0 Å². The van der Waals surface area contributed by atoms with E-state index in [-0.39, 0.29) is 17.4 Å². The van der Waals surface area contributed by atoms with Gasteiger partial charge >= 0.3 is 0 Å². The maximum absolute atomic E-state index is 12.9. The second-order valence-electron chi connectivity index (χ2n) is 7.79. The summed E-state index contributed by atoms with van der Waals surface area (Å²) >= 11 is 4.35. The van der Waals surface area contributed by atoms with E-state index in [0.717, 1.165) is 22.2 Å². The van der Waals surface area contributed by atoms with Crippen LogP contribution in [-0.2, 0) is 20.9 Å². The lowest BCUT2D eigenvalue weighted by Crippen LogP contribution is -2.46. The van der Waals surface area contributed by atoms with Crippen LogP contribution in [-0.4, -0.2) is 66.3 Å². The van der Waals surface area contributed by atoms with E-state index < -0.39 is 11.1 Å². The van der Waals surface area contributed by atoms with Gasteiger partial charge < -0.3 is 19.1 Å². The summed E-state index contributed by atoms with van der Waals surface area (Å²) in [7, 11) is 0. The van der Waals surface area contributed by atoms with Crippen molar-refractivity contribution in [3.63, 3.8) is 0 Å². The van der Waals surface area contributed by atoms with Crippen molar-refractivity contribution in [3.05, 3.63) is 63.0 Å². The van der Waals surface area contributed by atoms with E-state index in [2.05, 4.69) is 15.9 Å². The van der Waals surface area contributed by atoms with Gasteiger partial charge in [0.05, 0.1) is 24.7 Å². The van der Waals surface area contributed by atoms with E-state index >= 15 is 0 Å². The van der Waals surface area contributed by atoms with Crippen molar-refractivity contribution in [2.45, 2.75) is 13.5 Å². The number of carbonyl (C=O) groups is 3. The summed E-state index contributed by atoms with van der Waals surface area (Å²) in [6.45, 7) is 4.22. The number of hydrogen-bond donors (Lipinski definition) is 0. The molecular weight excluding hydrogens is 536 g/mol. The third-order valence-corrected chi connectivity index (χ3v) is 7.01. The van der Waals surface area contributed by atoms with Crippen LogP contribution in [0.15, 0.2) is 51.8 Å². The molecule has 2 fully saturated rings. The number of rotatable bonds is 8. The lowest BCUT2D eigenvalue weighted by atomic mass is 10.1. The van der Waals surface area contributed by atoms with Crippen LogP contribution in [0.3, 0.4) is 0 Å². The fraction of sp³-hybridized carbons (Fsp3) is 0.320. The van der Waals surface area contributed by atoms with Gasteiger partial charge in [-0.1, -0.05) is 46.3 Å². The van der Waals surface area contributed by atoms with Crippen molar-refractivity contribution in [1.29, 1.82) is 0 Å². The molecule has 3 amide bonds. The van der Waals surface area contributed by atoms with E-state index in [1.165, 1.54) is 0 Å². The van der Waals surface area contributed by atoms with Crippen LogP contribution in [0.2, 0.25) is 0 Å². The van der Waals surface area contributed by atoms with Crippen LogP contribution < -0.4 is 9.47 Å². The number of ether oxygens (including phenoxy) is 3. The minimum Gasteiger partial charge on any atom is -0.490 e. The number of benzene rings is 2. The quantitative estimate of drug-likeness (QED) is 0.444.